The summed E-state index contributed by atoms with van der Waals surface area (Å²) in [6, 6.07) is 0.711. The summed E-state index contributed by atoms with van der Waals surface area (Å²) in [5.74, 6) is 6.49. The number of nitrogens with zero attached hydrogens (tertiary/aromatic N) is 2. The van der Waals surface area contributed by atoms with Crippen LogP contribution in [0.5, 0.6) is 0 Å². The van der Waals surface area contributed by atoms with Crippen molar-refractivity contribution in [2.75, 3.05) is 26.2 Å². The van der Waals surface area contributed by atoms with Gasteiger partial charge < -0.3 is 4.74 Å². The molecule has 0 amide bonds. The van der Waals surface area contributed by atoms with E-state index < -0.39 is 5.60 Å². The average Bonchev–Trinajstić information content (AvgIpc) is 3.08. The number of rotatable bonds is 3. The molecule has 4 aliphatic rings. The van der Waals surface area contributed by atoms with Gasteiger partial charge in [-0.1, -0.05) is 38.2 Å². The van der Waals surface area contributed by atoms with Gasteiger partial charge in [0.25, 0.3) is 0 Å². The molecule has 128 valence electrons. The number of ether oxygens (including phenoxy) is 1. The van der Waals surface area contributed by atoms with Crippen LogP contribution in [0, 0.1) is 11.8 Å². The van der Waals surface area contributed by atoms with E-state index in [0.717, 1.165) is 50.2 Å². The van der Waals surface area contributed by atoms with Gasteiger partial charge in [0.05, 0.1) is 12.6 Å². The lowest BCUT2D eigenvalue weighted by Crippen LogP contribution is -2.48. The molecule has 0 radical (unpaired) electrons. The fourth-order valence-electron chi connectivity index (χ4n) is 4.86. The van der Waals surface area contributed by atoms with E-state index >= 15 is 0 Å². The van der Waals surface area contributed by atoms with E-state index in [1.54, 1.807) is 6.08 Å². The van der Waals surface area contributed by atoms with Gasteiger partial charge in [-0.2, -0.15) is 0 Å². The van der Waals surface area contributed by atoms with Crippen molar-refractivity contribution in [2.45, 2.75) is 57.2 Å². The zero-order valence-electron chi connectivity index (χ0n) is 14.7. The van der Waals surface area contributed by atoms with Crippen molar-refractivity contribution >= 4 is 5.97 Å². The summed E-state index contributed by atoms with van der Waals surface area (Å²) in [6.07, 6.45) is 8.49. The molecule has 2 fully saturated rings. The molecule has 1 spiro atoms. The lowest BCUT2D eigenvalue weighted by atomic mass is 9.77. The van der Waals surface area contributed by atoms with Crippen molar-refractivity contribution in [1.82, 2.24) is 9.80 Å². The van der Waals surface area contributed by atoms with Crippen LogP contribution in [0.15, 0.2) is 23.3 Å². The van der Waals surface area contributed by atoms with Crippen molar-refractivity contribution in [1.29, 1.82) is 0 Å². The molecule has 0 N–H and O–H groups in total. The lowest BCUT2D eigenvalue weighted by molar-refractivity contribution is -0.148. The van der Waals surface area contributed by atoms with Crippen molar-refractivity contribution in [3.05, 3.63) is 23.3 Å². The third-order valence-corrected chi connectivity index (χ3v) is 6.09. The molecular formula is C20H26N2O2. The summed E-state index contributed by atoms with van der Waals surface area (Å²) in [7, 11) is 0. The highest BCUT2D eigenvalue weighted by Crippen LogP contribution is 2.53. The van der Waals surface area contributed by atoms with Crippen LogP contribution in [0.1, 0.15) is 39.5 Å². The van der Waals surface area contributed by atoms with Gasteiger partial charge in [-0.25, -0.2) is 4.79 Å². The molecular weight excluding hydrogens is 300 g/mol. The summed E-state index contributed by atoms with van der Waals surface area (Å²) < 4.78 is 5.92. The molecule has 2 bridgehead atoms. The lowest BCUT2D eigenvalue weighted by Gasteiger charge is -2.38. The monoisotopic (exact) mass is 326 g/mol. The van der Waals surface area contributed by atoms with Crippen molar-refractivity contribution in [2.24, 2.45) is 0 Å². The average molecular weight is 326 g/mol. The summed E-state index contributed by atoms with van der Waals surface area (Å²) in [4.78, 5) is 16.9. The smallest absolute Gasteiger partial charge is 0.332 e. The Morgan fingerprint density at radius 3 is 3.00 bits per heavy atom. The van der Waals surface area contributed by atoms with E-state index in [4.69, 9.17) is 4.74 Å². The molecule has 4 heteroatoms. The van der Waals surface area contributed by atoms with Crippen molar-refractivity contribution in [3.63, 3.8) is 0 Å². The summed E-state index contributed by atoms with van der Waals surface area (Å²) in [5.41, 5.74) is 1.65. The first-order valence-electron chi connectivity index (χ1n) is 9.32. The molecule has 1 aliphatic carbocycles. The van der Waals surface area contributed by atoms with Crippen LogP contribution in [0.4, 0.5) is 0 Å². The number of carbonyl (C=O) groups excluding carboxylic acids is 1. The highest BCUT2D eigenvalue weighted by Gasteiger charge is 2.61. The second-order valence-electron chi connectivity index (χ2n) is 7.23. The van der Waals surface area contributed by atoms with Gasteiger partial charge >= 0.3 is 5.97 Å². The minimum absolute atomic E-state index is 0.186. The fraction of sp³-hybridized carbons (Fsp3) is 0.650. The zero-order valence-corrected chi connectivity index (χ0v) is 14.7. The van der Waals surface area contributed by atoms with Crippen LogP contribution in [0.2, 0.25) is 0 Å². The van der Waals surface area contributed by atoms with E-state index in [9.17, 15) is 4.79 Å². The van der Waals surface area contributed by atoms with E-state index in [2.05, 4.69) is 41.6 Å². The number of fused-ring (bicyclic) bond motifs is 3. The minimum Gasteiger partial charge on any atom is -0.449 e. The Balaban J connectivity index is 1.65. The first-order chi connectivity index (χ1) is 11.7. The molecule has 1 unspecified atom stereocenters. The Labute approximate surface area is 144 Å². The first-order valence-corrected chi connectivity index (χ1v) is 9.32. The fourth-order valence-corrected chi connectivity index (χ4v) is 4.86. The molecule has 4 nitrogen and oxygen atoms in total. The van der Waals surface area contributed by atoms with Crippen molar-refractivity contribution < 1.29 is 9.53 Å². The second-order valence-corrected chi connectivity index (χ2v) is 7.23. The minimum atomic E-state index is -0.421. The second kappa shape index (κ2) is 6.06. The molecule has 2 saturated heterocycles. The van der Waals surface area contributed by atoms with Crippen LogP contribution in [0.25, 0.3) is 0 Å². The van der Waals surface area contributed by atoms with Crippen molar-refractivity contribution in [3.8, 4) is 11.8 Å². The van der Waals surface area contributed by atoms with E-state index in [0.29, 0.717) is 12.1 Å². The number of esters is 1. The Bertz CT molecular complexity index is 665. The summed E-state index contributed by atoms with van der Waals surface area (Å²) in [5, 5.41) is 0. The molecule has 4 rings (SSSR count). The Morgan fingerprint density at radius 1 is 1.38 bits per heavy atom. The van der Waals surface area contributed by atoms with Gasteiger partial charge in [0.1, 0.15) is 0 Å². The van der Waals surface area contributed by atoms with Crippen LogP contribution in [-0.2, 0) is 9.53 Å². The van der Waals surface area contributed by atoms with Crippen LogP contribution in [0.3, 0.4) is 0 Å². The maximum absolute atomic E-state index is 12.1. The van der Waals surface area contributed by atoms with Crippen LogP contribution >= 0.6 is 0 Å². The van der Waals surface area contributed by atoms with E-state index in [-0.39, 0.29) is 5.97 Å². The van der Waals surface area contributed by atoms with Gasteiger partial charge in [-0.15, -0.1) is 0 Å². The molecule has 0 aromatic carbocycles. The third kappa shape index (κ3) is 2.34. The molecule has 0 aromatic rings. The zero-order chi connectivity index (χ0) is 16.7. The molecule has 24 heavy (non-hydrogen) atoms. The van der Waals surface area contributed by atoms with E-state index in [1.165, 1.54) is 12.8 Å². The highest BCUT2D eigenvalue weighted by atomic mass is 16.6. The third-order valence-electron chi connectivity index (χ3n) is 6.09. The van der Waals surface area contributed by atoms with Gasteiger partial charge in [-0.3, -0.25) is 9.80 Å². The normalized spacial score (nSPS) is 34.0. The predicted molar refractivity (Wildman–Crippen MR) is 93.3 cm³/mol. The summed E-state index contributed by atoms with van der Waals surface area (Å²) >= 11 is 0. The number of carbonyl (C=O) groups is 1. The number of piperidine rings is 1. The Morgan fingerprint density at radius 2 is 2.21 bits per heavy atom. The Hall–Kier alpha value is -1.57. The van der Waals surface area contributed by atoms with Gasteiger partial charge in [-0.05, 0) is 32.5 Å². The predicted octanol–water partition coefficient (Wildman–Crippen LogP) is 2.12. The summed E-state index contributed by atoms with van der Waals surface area (Å²) in [6.45, 7) is 8.22. The molecule has 0 aromatic heterocycles. The Kier molecular flexibility index (Phi) is 4.02. The molecule has 3 aliphatic heterocycles. The van der Waals surface area contributed by atoms with Gasteiger partial charge in [0.2, 0.25) is 0 Å². The topological polar surface area (TPSA) is 32.8 Å². The molecule has 3 heterocycles. The maximum Gasteiger partial charge on any atom is 0.332 e. The van der Waals surface area contributed by atoms with Gasteiger partial charge in [0, 0.05) is 29.7 Å². The SMILES string of the molecule is CCN(CC)CC#CC1=C[C@@H]2CC3(OC(=O)C=C13)[C@H]1CCCCN21. The number of hydrogen-bond acceptors (Lipinski definition) is 4. The van der Waals surface area contributed by atoms with E-state index in [1.807, 2.05) is 0 Å². The maximum atomic E-state index is 12.1. The first kappa shape index (κ1) is 15.9. The molecule has 3 atom stereocenters. The van der Waals surface area contributed by atoms with Gasteiger partial charge in [0.15, 0.2) is 5.60 Å². The highest BCUT2D eigenvalue weighted by molar-refractivity contribution is 5.90. The quantitative estimate of drug-likeness (QED) is 0.587. The number of hydrogen-bond donors (Lipinski definition) is 0. The van der Waals surface area contributed by atoms with Crippen LogP contribution in [-0.4, -0.2) is 59.6 Å². The van der Waals surface area contributed by atoms with Crippen LogP contribution < -0.4 is 0 Å². The standard InChI is InChI=1S/C20H26N2O2/c1-3-21(4-2)10-7-8-15-12-16-14-20(17(15)13-19(23)24-20)18-9-5-6-11-22(16)18/h12-13,16,18H,3-6,9-11,14H2,1-2H3/t16-,18-,20?/m1/s1. The molecule has 0 saturated carbocycles. The largest absolute Gasteiger partial charge is 0.449 e.